The minimum absolute atomic E-state index is 0.201. The van der Waals surface area contributed by atoms with Crippen molar-refractivity contribution in [2.45, 2.75) is 26.3 Å². The van der Waals surface area contributed by atoms with E-state index in [4.69, 9.17) is 0 Å². The fourth-order valence-corrected chi connectivity index (χ4v) is 1.00. The number of hydrogen-bond acceptors (Lipinski definition) is 3. The predicted octanol–water partition coefficient (Wildman–Crippen LogP) is 1.40. The Balaban J connectivity index is 4.33. The molecule has 70 valence electrons. The highest BCUT2D eigenvalue weighted by molar-refractivity contribution is 5.75. The number of allylic oxidation sites excluding steroid dienone is 1. The van der Waals surface area contributed by atoms with Gasteiger partial charge in [-0.1, -0.05) is 13.5 Å². The third-order valence-electron chi connectivity index (χ3n) is 1.93. The summed E-state index contributed by atoms with van der Waals surface area (Å²) in [7, 11) is 3.24. The van der Waals surface area contributed by atoms with Crippen molar-refractivity contribution < 1.29 is 9.53 Å². The first kappa shape index (κ1) is 11.0. The van der Waals surface area contributed by atoms with Crippen LogP contribution in [-0.2, 0) is 9.53 Å². The Bertz CT molecular complexity index is 177. The summed E-state index contributed by atoms with van der Waals surface area (Å²) in [6.45, 7) is 7.57. The van der Waals surface area contributed by atoms with Gasteiger partial charge in [-0.05, 0) is 13.3 Å². The molecule has 0 fully saturated rings. The smallest absolute Gasteiger partial charge is 0.328 e. The van der Waals surface area contributed by atoms with E-state index in [2.05, 4.69) is 11.3 Å². The fourth-order valence-electron chi connectivity index (χ4n) is 1.00. The molecule has 1 unspecified atom stereocenters. The van der Waals surface area contributed by atoms with Crippen molar-refractivity contribution in [3.8, 4) is 0 Å². The van der Waals surface area contributed by atoms with Crippen LogP contribution in [0, 0.1) is 0 Å². The Kier molecular flexibility index (Phi) is 4.40. The van der Waals surface area contributed by atoms with Crippen molar-refractivity contribution in [1.29, 1.82) is 0 Å². The summed E-state index contributed by atoms with van der Waals surface area (Å²) in [6.07, 6.45) is 0.732. The van der Waals surface area contributed by atoms with Gasteiger partial charge in [-0.2, -0.15) is 0 Å². The van der Waals surface area contributed by atoms with Crippen LogP contribution >= 0.6 is 0 Å². The minimum atomic E-state index is -0.206. The zero-order valence-electron chi connectivity index (χ0n) is 8.26. The molecule has 12 heavy (non-hydrogen) atoms. The maximum atomic E-state index is 11.2. The molecule has 1 atom stereocenters. The summed E-state index contributed by atoms with van der Waals surface area (Å²) in [4.78, 5) is 13.0. The Morgan fingerprint density at radius 3 is 2.42 bits per heavy atom. The molecule has 0 aliphatic rings. The molecule has 0 aliphatic carbocycles. The lowest BCUT2D eigenvalue weighted by atomic mass is 10.2. The van der Waals surface area contributed by atoms with Crippen molar-refractivity contribution in [1.82, 2.24) is 4.90 Å². The van der Waals surface area contributed by atoms with Gasteiger partial charge < -0.3 is 9.64 Å². The lowest BCUT2D eigenvalue weighted by molar-refractivity contribution is -0.145. The summed E-state index contributed by atoms with van der Waals surface area (Å²) in [5.74, 6) is -0.206. The largest absolute Gasteiger partial charge is 0.467 e. The molecule has 0 saturated carbocycles. The summed E-state index contributed by atoms with van der Waals surface area (Å²) in [5, 5.41) is 0. The van der Waals surface area contributed by atoms with Crippen LogP contribution in [0.15, 0.2) is 12.3 Å². The van der Waals surface area contributed by atoms with Gasteiger partial charge in [-0.15, -0.1) is 0 Å². The highest BCUT2D eigenvalue weighted by atomic mass is 16.5. The third kappa shape index (κ3) is 2.57. The maximum absolute atomic E-state index is 11.2. The summed E-state index contributed by atoms with van der Waals surface area (Å²) in [5.41, 5.74) is 0.868. The van der Waals surface area contributed by atoms with E-state index >= 15 is 0 Å². The quantitative estimate of drug-likeness (QED) is 0.599. The van der Waals surface area contributed by atoms with E-state index in [0.717, 1.165) is 12.1 Å². The van der Waals surface area contributed by atoms with E-state index in [9.17, 15) is 4.79 Å². The van der Waals surface area contributed by atoms with Crippen LogP contribution in [0.2, 0.25) is 0 Å². The van der Waals surface area contributed by atoms with Gasteiger partial charge in [0.2, 0.25) is 0 Å². The van der Waals surface area contributed by atoms with Gasteiger partial charge in [0.1, 0.15) is 6.04 Å². The number of esters is 1. The van der Waals surface area contributed by atoms with E-state index in [1.54, 1.807) is 0 Å². The molecule has 0 aromatic heterocycles. The number of carbonyl (C=O) groups is 1. The van der Waals surface area contributed by atoms with Crippen LogP contribution in [0.4, 0.5) is 0 Å². The number of nitrogens with zero attached hydrogens (tertiary/aromatic N) is 1. The topological polar surface area (TPSA) is 29.5 Å². The second-order valence-corrected chi connectivity index (χ2v) is 2.79. The number of hydrogen-bond donors (Lipinski definition) is 0. The van der Waals surface area contributed by atoms with Crippen molar-refractivity contribution in [2.75, 3.05) is 14.2 Å². The van der Waals surface area contributed by atoms with Gasteiger partial charge in [0, 0.05) is 12.7 Å². The minimum Gasteiger partial charge on any atom is -0.467 e. The van der Waals surface area contributed by atoms with E-state index in [-0.39, 0.29) is 12.0 Å². The average Bonchev–Trinajstić information content (AvgIpc) is 2.05. The van der Waals surface area contributed by atoms with E-state index < -0.39 is 0 Å². The van der Waals surface area contributed by atoms with E-state index in [0.29, 0.717) is 0 Å². The maximum Gasteiger partial charge on any atom is 0.328 e. The molecular formula is C9H17NO2. The summed E-state index contributed by atoms with van der Waals surface area (Å²) in [6, 6.07) is -0.201. The molecule has 3 nitrogen and oxygen atoms in total. The second-order valence-electron chi connectivity index (χ2n) is 2.79. The van der Waals surface area contributed by atoms with Crippen LogP contribution in [0.5, 0.6) is 0 Å². The Morgan fingerprint density at radius 1 is 1.67 bits per heavy atom. The molecule has 0 amide bonds. The second kappa shape index (κ2) is 4.80. The number of likely N-dealkylation sites (N-methyl/N-ethyl adjacent to an activating group) is 1. The third-order valence-corrected chi connectivity index (χ3v) is 1.93. The zero-order chi connectivity index (χ0) is 9.72. The van der Waals surface area contributed by atoms with Crippen LogP contribution in [-0.4, -0.2) is 31.1 Å². The van der Waals surface area contributed by atoms with Gasteiger partial charge >= 0.3 is 5.97 Å². The Hall–Kier alpha value is -0.990. The molecule has 0 heterocycles. The molecule has 0 saturated heterocycles. The average molecular weight is 171 g/mol. The van der Waals surface area contributed by atoms with Crippen molar-refractivity contribution in [3.63, 3.8) is 0 Å². The Morgan fingerprint density at radius 2 is 2.17 bits per heavy atom. The van der Waals surface area contributed by atoms with Crippen LogP contribution in [0.3, 0.4) is 0 Å². The molecule has 0 radical (unpaired) electrons. The molecule has 0 spiro atoms. The standard InChI is InChI=1S/C9H17NO2/c1-6-8(9(11)12-5)10(4)7(2)3/h8H,2,6H2,1,3-5H3. The van der Waals surface area contributed by atoms with Gasteiger partial charge in [0.15, 0.2) is 0 Å². The first-order valence-corrected chi connectivity index (χ1v) is 4.00. The molecule has 0 aliphatic heterocycles. The summed E-state index contributed by atoms with van der Waals surface area (Å²) < 4.78 is 4.65. The first-order valence-electron chi connectivity index (χ1n) is 4.00. The monoisotopic (exact) mass is 171 g/mol. The van der Waals surface area contributed by atoms with Gasteiger partial charge in [-0.25, -0.2) is 4.79 Å². The normalized spacial score (nSPS) is 12.0. The van der Waals surface area contributed by atoms with Crippen molar-refractivity contribution >= 4 is 5.97 Å². The molecule has 0 aromatic rings. The lowest BCUT2D eigenvalue weighted by Gasteiger charge is -2.26. The van der Waals surface area contributed by atoms with Crippen molar-refractivity contribution in [2.24, 2.45) is 0 Å². The molecule has 0 bridgehead atoms. The lowest BCUT2D eigenvalue weighted by Crippen LogP contribution is -2.37. The number of ether oxygens (including phenoxy) is 1. The molecular weight excluding hydrogens is 154 g/mol. The number of methoxy groups -OCH3 is 1. The zero-order valence-corrected chi connectivity index (χ0v) is 8.26. The van der Waals surface area contributed by atoms with E-state index in [1.165, 1.54) is 7.11 Å². The summed E-state index contributed by atoms with van der Waals surface area (Å²) >= 11 is 0. The van der Waals surface area contributed by atoms with Gasteiger partial charge in [-0.3, -0.25) is 0 Å². The Labute approximate surface area is 74.0 Å². The fraction of sp³-hybridized carbons (Fsp3) is 0.667. The van der Waals surface area contributed by atoms with Gasteiger partial charge in [0.25, 0.3) is 0 Å². The number of carbonyl (C=O) groups excluding carboxylic acids is 1. The first-order chi connectivity index (χ1) is 5.54. The van der Waals surface area contributed by atoms with Crippen molar-refractivity contribution in [3.05, 3.63) is 12.3 Å². The van der Waals surface area contributed by atoms with Crippen LogP contribution < -0.4 is 0 Å². The predicted molar refractivity (Wildman–Crippen MR) is 48.7 cm³/mol. The number of rotatable bonds is 4. The van der Waals surface area contributed by atoms with Gasteiger partial charge in [0.05, 0.1) is 7.11 Å². The molecule has 0 aromatic carbocycles. The highest BCUT2D eigenvalue weighted by Gasteiger charge is 2.21. The van der Waals surface area contributed by atoms with Crippen LogP contribution in [0.25, 0.3) is 0 Å². The molecule has 0 N–H and O–H groups in total. The van der Waals surface area contributed by atoms with Crippen LogP contribution in [0.1, 0.15) is 20.3 Å². The molecule has 3 heteroatoms. The SMILES string of the molecule is C=C(C)N(C)C(CC)C(=O)OC. The van der Waals surface area contributed by atoms with E-state index in [1.807, 2.05) is 25.8 Å². The molecule has 0 rings (SSSR count). The highest BCUT2D eigenvalue weighted by Crippen LogP contribution is 2.08.